The highest BCUT2D eigenvalue weighted by atomic mass is 35.5. The molecule has 2 aliphatic heterocycles. The predicted octanol–water partition coefficient (Wildman–Crippen LogP) is 7.00. The van der Waals surface area contributed by atoms with E-state index >= 15 is 0 Å². The monoisotopic (exact) mass is 601 g/mol. The van der Waals surface area contributed by atoms with Crippen molar-refractivity contribution in [2.24, 2.45) is 0 Å². The van der Waals surface area contributed by atoms with E-state index in [0.29, 0.717) is 52.7 Å². The normalized spacial score (nSPS) is 19.2. The summed E-state index contributed by atoms with van der Waals surface area (Å²) >= 11 is 12.7. The highest BCUT2D eigenvalue weighted by Gasteiger charge is 2.36. The van der Waals surface area contributed by atoms with Crippen molar-refractivity contribution in [2.45, 2.75) is 37.8 Å². The van der Waals surface area contributed by atoms with E-state index < -0.39 is 30.1 Å². The lowest BCUT2D eigenvalue weighted by atomic mass is 10.0. The number of benzene rings is 2. The maximum absolute atomic E-state index is 14.5. The minimum absolute atomic E-state index is 0.194. The topological polar surface area (TPSA) is 126 Å². The van der Waals surface area contributed by atoms with Gasteiger partial charge in [-0.3, -0.25) is 15.0 Å². The van der Waals surface area contributed by atoms with Crippen LogP contribution in [-0.2, 0) is 14.3 Å². The first-order valence-corrected chi connectivity index (χ1v) is 13.6. The van der Waals surface area contributed by atoms with E-state index in [1.807, 2.05) is 12.2 Å². The number of amides is 3. The number of hydrogen-bond donors (Lipinski definition) is 3. The highest BCUT2D eigenvalue weighted by molar-refractivity contribution is 6.32. The van der Waals surface area contributed by atoms with Gasteiger partial charge in [0.2, 0.25) is 5.91 Å². The minimum Gasteiger partial charge on any atom is -0.453 e. The van der Waals surface area contributed by atoms with Crippen molar-refractivity contribution in [3.63, 3.8) is 0 Å². The maximum atomic E-state index is 14.5. The van der Waals surface area contributed by atoms with Crippen LogP contribution in [0.25, 0.3) is 11.3 Å². The number of carbonyl (C=O) groups is 3. The summed E-state index contributed by atoms with van der Waals surface area (Å²) in [7, 11) is 1.25. The molecule has 2 aromatic carbocycles. The molecule has 1 fully saturated rings. The number of methoxy groups -OCH3 is 1. The first kappa shape index (κ1) is 28.4. The Kier molecular flexibility index (Phi) is 8.46. The number of rotatable bonds is 3. The standard InChI is InChI=1S/C28H26Cl2FN5O5/c1-40-27(38)32-16-8-9-17-20(14-16)33-23(37)6-4-2-3-5-21(26-34-24(17)25(30)35-26)36-12-11-22(41-28(36)39)18-13-15(29)7-10-19(18)31/h2-3,7-10,13-14,21-22H,4-6,11-12H2,1H3,(H,32,38)(H,33,37)(H,34,35). The van der Waals surface area contributed by atoms with E-state index in [1.165, 1.54) is 30.2 Å². The molecular weight excluding hydrogens is 576 g/mol. The van der Waals surface area contributed by atoms with E-state index in [0.717, 1.165) is 0 Å². The third-order valence-electron chi connectivity index (χ3n) is 6.83. The van der Waals surface area contributed by atoms with Gasteiger partial charge < -0.3 is 19.8 Å². The van der Waals surface area contributed by atoms with E-state index in [1.54, 1.807) is 18.2 Å². The Bertz CT molecular complexity index is 1530. The Hall–Kier alpha value is -4.09. The molecule has 2 bridgehead atoms. The van der Waals surface area contributed by atoms with Crippen molar-refractivity contribution in [3.05, 3.63) is 75.9 Å². The van der Waals surface area contributed by atoms with E-state index in [2.05, 4.69) is 20.4 Å². The summed E-state index contributed by atoms with van der Waals surface area (Å²) in [6, 6.07) is 8.44. The van der Waals surface area contributed by atoms with E-state index in [4.69, 9.17) is 32.9 Å². The number of fused-ring (bicyclic) bond motifs is 4. The van der Waals surface area contributed by atoms with Gasteiger partial charge in [0.15, 0.2) is 0 Å². The number of nitrogens with zero attached hydrogens (tertiary/aromatic N) is 2. The van der Waals surface area contributed by atoms with Crippen LogP contribution in [0.3, 0.4) is 0 Å². The molecule has 3 heterocycles. The Labute approximate surface area is 244 Å². The fraction of sp³-hybridized carbons (Fsp3) is 0.286. The molecule has 41 heavy (non-hydrogen) atoms. The van der Waals surface area contributed by atoms with Crippen molar-refractivity contribution in [1.29, 1.82) is 0 Å². The molecule has 0 saturated carbocycles. The number of hydrogen-bond acceptors (Lipinski definition) is 6. The third-order valence-corrected chi connectivity index (χ3v) is 7.34. The van der Waals surface area contributed by atoms with Crippen LogP contribution >= 0.6 is 23.2 Å². The van der Waals surface area contributed by atoms with Gasteiger partial charge >= 0.3 is 12.2 Å². The zero-order valence-corrected chi connectivity index (χ0v) is 23.4. The van der Waals surface area contributed by atoms with Gasteiger partial charge in [-0.05, 0) is 49.2 Å². The molecule has 3 aromatic rings. The molecule has 2 atom stereocenters. The van der Waals surface area contributed by atoms with Crippen molar-refractivity contribution in [2.75, 3.05) is 24.3 Å². The van der Waals surface area contributed by atoms with Gasteiger partial charge in [-0.25, -0.2) is 19.0 Å². The number of carbonyl (C=O) groups excluding carboxylic acids is 3. The average Bonchev–Trinajstić information content (AvgIpc) is 3.33. The lowest BCUT2D eigenvalue weighted by Gasteiger charge is -2.36. The van der Waals surface area contributed by atoms with Gasteiger partial charge in [-0.15, -0.1) is 0 Å². The van der Waals surface area contributed by atoms with Gasteiger partial charge in [-0.2, -0.15) is 0 Å². The Balaban J connectivity index is 1.47. The molecule has 1 saturated heterocycles. The fourth-order valence-corrected chi connectivity index (χ4v) is 5.24. The van der Waals surface area contributed by atoms with E-state index in [-0.39, 0.29) is 29.6 Å². The SMILES string of the molecule is COC(=O)Nc1ccc2c(c1)NC(=O)CCC=CCC(N1CCC(c3cc(Cl)ccc3F)OC1=O)c1nc-2c(Cl)[nH]1. The number of halogens is 3. The second-order valence-electron chi connectivity index (χ2n) is 9.49. The number of ether oxygens (including phenoxy) is 2. The van der Waals surface area contributed by atoms with Gasteiger partial charge in [-0.1, -0.05) is 35.4 Å². The van der Waals surface area contributed by atoms with Crippen LogP contribution in [0.1, 0.15) is 49.2 Å². The second kappa shape index (κ2) is 12.2. The second-order valence-corrected chi connectivity index (χ2v) is 10.3. The lowest BCUT2D eigenvalue weighted by Crippen LogP contribution is -2.42. The summed E-state index contributed by atoms with van der Waals surface area (Å²) in [4.78, 5) is 47.0. The van der Waals surface area contributed by atoms with Crippen molar-refractivity contribution < 1.29 is 28.2 Å². The van der Waals surface area contributed by atoms with Crippen LogP contribution in [0.5, 0.6) is 0 Å². The maximum Gasteiger partial charge on any atom is 0.411 e. The number of aromatic amines is 1. The third kappa shape index (κ3) is 6.31. The quantitative estimate of drug-likeness (QED) is 0.277. The molecule has 5 rings (SSSR count). The van der Waals surface area contributed by atoms with Crippen LogP contribution in [0, 0.1) is 5.82 Å². The molecule has 0 aliphatic carbocycles. The zero-order chi connectivity index (χ0) is 29.1. The van der Waals surface area contributed by atoms with Crippen molar-refractivity contribution in [3.8, 4) is 11.3 Å². The lowest BCUT2D eigenvalue weighted by molar-refractivity contribution is -0.116. The Morgan fingerprint density at radius 1 is 1.20 bits per heavy atom. The molecule has 3 amide bonds. The van der Waals surface area contributed by atoms with Crippen LogP contribution in [0.15, 0.2) is 48.6 Å². The average molecular weight is 602 g/mol. The Morgan fingerprint density at radius 2 is 2.02 bits per heavy atom. The number of cyclic esters (lactones) is 1. The van der Waals surface area contributed by atoms with Crippen LogP contribution in [-0.4, -0.2) is 46.6 Å². The fourth-order valence-electron chi connectivity index (χ4n) is 4.82. The number of imidazole rings is 1. The molecule has 3 N–H and O–H groups in total. The van der Waals surface area contributed by atoms with Gasteiger partial charge in [0.1, 0.15) is 28.6 Å². The van der Waals surface area contributed by atoms with Gasteiger partial charge in [0.05, 0.1) is 18.8 Å². The van der Waals surface area contributed by atoms with Crippen LogP contribution in [0.4, 0.5) is 25.4 Å². The first-order chi connectivity index (χ1) is 19.7. The van der Waals surface area contributed by atoms with E-state index in [9.17, 15) is 18.8 Å². The van der Waals surface area contributed by atoms with Gasteiger partial charge in [0, 0.05) is 41.2 Å². The molecule has 2 unspecified atom stereocenters. The van der Waals surface area contributed by atoms with Crippen LogP contribution < -0.4 is 10.6 Å². The smallest absolute Gasteiger partial charge is 0.411 e. The number of allylic oxidation sites excluding steroid dienone is 1. The molecule has 0 spiro atoms. The number of H-pyrrole nitrogens is 1. The van der Waals surface area contributed by atoms with Gasteiger partial charge in [0.25, 0.3) is 0 Å². The number of nitrogens with one attached hydrogen (secondary N) is 3. The summed E-state index contributed by atoms with van der Waals surface area (Å²) < 4.78 is 24.8. The highest BCUT2D eigenvalue weighted by Crippen LogP contribution is 2.39. The number of anilines is 2. The predicted molar refractivity (Wildman–Crippen MR) is 151 cm³/mol. The summed E-state index contributed by atoms with van der Waals surface area (Å²) in [5, 5.41) is 5.98. The largest absolute Gasteiger partial charge is 0.453 e. The van der Waals surface area contributed by atoms with Crippen molar-refractivity contribution >= 4 is 52.7 Å². The summed E-state index contributed by atoms with van der Waals surface area (Å²) in [5.74, 6) is -0.333. The van der Waals surface area contributed by atoms with Crippen molar-refractivity contribution in [1.82, 2.24) is 14.9 Å². The van der Waals surface area contributed by atoms with Crippen LogP contribution in [0.2, 0.25) is 10.2 Å². The molecule has 13 heteroatoms. The molecule has 2 aliphatic rings. The summed E-state index contributed by atoms with van der Waals surface area (Å²) in [5.41, 5.74) is 1.85. The zero-order valence-electron chi connectivity index (χ0n) is 21.9. The minimum atomic E-state index is -0.782. The molecule has 1 aromatic heterocycles. The molecule has 0 radical (unpaired) electrons. The Morgan fingerprint density at radius 3 is 2.80 bits per heavy atom. The summed E-state index contributed by atoms with van der Waals surface area (Å²) in [6.07, 6.45) is 3.00. The molecule has 10 nitrogen and oxygen atoms in total. The first-order valence-electron chi connectivity index (χ1n) is 12.9. The summed E-state index contributed by atoms with van der Waals surface area (Å²) in [6.45, 7) is 0.265. The molecule has 214 valence electrons. The molecular formula is C28H26Cl2FN5O5. The number of aromatic nitrogens is 2.